The number of carboxylic acid groups (broad SMARTS) is 1. The number of hydrogen-bond acceptors (Lipinski definition) is 3. The van der Waals surface area contributed by atoms with Crippen LogP contribution in [0, 0.1) is 5.82 Å². The van der Waals surface area contributed by atoms with Crippen molar-refractivity contribution in [2.75, 3.05) is 25.6 Å². The Kier molecular flexibility index (Phi) is 8.41. The molecule has 0 fully saturated rings. The van der Waals surface area contributed by atoms with Gasteiger partial charge in [-0.15, -0.1) is 0 Å². The summed E-state index contributed by atoms with van der Waals surface area (Å²) in [5.74, 6) is -2.20. The van der Waals surface area contributed by atoms with Gasteiger partial charge in [0.1, 0.15) is 5.82 Å². The number of rotatable bonds is 9. The lowest BCUT2D eigenvalue weighted by Crippen LogP contribution is -2.37. The van der Waals surface area contributed by atoms with Gasteiger partial charge >= 0.3 is 12.0 Å². The van der Waals surface area contributed by atoms with E-state index in [-0.39, 0.29) is 17.4 Å². The lowest BCUT2D eigenvalue weighted by atomic mass is 10.0. The molecule has 0 saturated carbocycles. The summed E-state index contributed by atoms with van der Waals surface area (Å²) in [6.45, 7) is 2.73. The Hall–Kier alpha value is -3.35. The summed E-state index contributed by atoms with van der Waals surface area (Å²) in [5.41, 5.74) is 2.13. The van der Waals surface area contributed by atoms with E-state index in [1.165, 1.54) is 24.1 Å². The molecule has 6 nitrogen and oxygen atoms in total. The summed E-state index contributed by atoms with van der Waals surface area (Å²) in [6.07, 6.45) is 4.22. The van der Waals surface area contributed by atoms with E-state index in [0.29, 0.717) is 17.8 Å². The highest BCUT2D eigenvalue weighted by molar-refractivity contribution is 5.92. The predicted octanol–water partition coefficient (Wildman–Crippen LogP) is 4.90. The molecule has 0 bridgehead atoms. The topological polar surface area (TPSA) is 78.9 Å². The van der Waals surface area contributed by atoms with E-state index in [2.05, 4.69) is 12.2 Å². The number of aliphatic carboxylic acids is 1. The number of urea groups is 1. The number of ether oxygens (including phenoxy) is 1. The van der Waals surface area contributed by atoms with E-state index in [9.17, 15) is 14.0 Å². The third kappa shape index (κ3) is 6.07. The summed E-state index contributed by atoms with van der Waals surface area (Å²) >= 11 is 0. The minimum Gasteiger partial charge on any atom is -0.490 e. The molecule has 0 saturated heterocycles. The number of unbranched alkanes of at least 4 members (excludes halogenated alkanes) is 2. The van der Waals surface area contributed by atoms with Crippen LogP contribution < -0.4 is 10.2 Å². The van der Waals surface area contributed by atoms with Crippen molar-refractivity contribution in [3.05, 3.63) is 59.6 Å². The largest absolute Gasteiger partial charge is 0.490 e. The second kappa shape index (κ2) is 11.0. The zero-order valence-electron chi connectivity index (χ0n) is 17.4. The lowest BCUT2D eigenvalue weighted by molar-refractivity contribution is -0.135. The van der Waals surface area contributed by atoms with Crippen molar-refractivity contribution >= 4 is 23.8 Å². The first-order valence-electron chi connectivity index (χ1n) is 9.78. The van der Waals surface area contributed by atoms with Crippen molar-refractivity contribution < 1.29 is 23.8 Å². The average molecular weight is 414 g/mol. The smallest absolute Gasteiger partial charge is 0.371 e. The lowest BCUT2D eigenvalue weighted by Gasteiger charge is -2.19. The molecular formula is C23H27FN2O4. The number of anilines is 1. The molecule has 0 aliphatic heterocycles. The van der Waals surface area contributed by atoms with E-state index in [4.69, 9.17) is 9.84 Å². The normalized spacial score (nSPS) is 11.1. The number of hydrogen-bond donors (Lipinski definition) is 2. The maximum absolute atomic E-state index is 14.5. The average Bonchev–Trinajstić information content (AvgIpc) is 2.75. The Balaban J connectivity index is 2.20. The Bertz CT molecular complexity index is 927. The summed E-state index contributed by atoms with van der Waals surface area (Å²) in [7, 11) is 2.90. The van der Waals surface area contributed by atoms with E-state index in [0.717, 1.165) is 30.9 Å². The van der Waals surface area contributed by atoms with Gasteiger partial charge in [-0.05, 0) is 41.8 Å². The molecule has 0 aromatic heterocycles. The maximum Gasteiger partial charge on any atom is 0.371 e. The molecule has 2 amide bonds. The number of carbonyl (C=O) groups is 2. The summed E-state index contributed by atoms with van der Waals surface area (Å²) in [4.78, 5) is 24.9. The molecular weight excluding hydrogens is 387 g/mol. The van der Waals surface area contributed by atoms with Gasteiger partial charge in [0.15, 0.2) is 0 Å². The fourth-order valence-electron chi connectivity index (χ4n) is 2.87. The van der Waals surface area contributed by atoms with Crippen LogP contribution in [0.4, 0.5) is 14.9 Å². The first-order chi connectivity index (χ1) is 14.4. The molecule has 0 atom stereocenters. The molecule has 0 aliphatic rings. The Labute approximate surface area is 176 Å². The Morgan fingerprint density at radius 1 is 1.17 bits per heavy atom. The van der Waals surface area contributed by atoms with Crippen molar-refractivity contribution in [1.82, 2.24) is 5.32 Å². The standard InChI is InChI=1S/C23H27FN2O4/c1-4-5-6-12-25-23(29)26(2)19-9-7-8-16(13-19)17-10-11-18(20(24)14-17)15-21(30-3)22(27)28/h7-11,13-15H,4-6,12H2,1-3H3,(H,25,29)(H,27,28). The molecule has 0 radical (unpaired) electrons. The molecule has 2 aromatic carbocycles. The number of nitrogens with one attached hydrogen (secondary N) is 1. The van der Waals surface area contributed by atoms with E-state index in [1.807, 2.05) is 6.07 Å². The van der Waals surface area contributed by atoms with Crippen LogP contribution in [0.5, 0.6) is 0 Å². The van der Waals surface area contributed by atoms with Crippen LogP contribution in [-0.4, -0.2) is 37.8 Å². The van der Waals surface area contributed by atoms with Crippen LogP contribution in [-0.2, 0) is 9.53 Å². The Morgan fingerprint density at radius 3 is 2.53 bits per heavy atom. The van der Waals surface area contributed by atoms with Gasteiger partial charge in [0.05, 0.1) is 7.11 Å². The van der Waals surface area contributed by atoms with Crippen LogP contribution in [0.1, 0.15) is 31.7 Å². The van der Waals surface area contributed by atoms with E-state index < -0.39 is 11.8 Å². The number of benzene rings is 2. The van der Waals surface area contributed by atoms with Crippen LogP contribution in [0.2, 0.25) is 0 Å². The number of halogens is 1. The Morgan fingerprint density at radius 2 is 1.90 bits per heavy atom. The quantitative estimate of drug-likeness (QED) is 0.347. The fraction of sp³-hybridized carbons (Fsp3) is 0.304. The van der Waals surface area contributed by atoms with Gasteiger partial charge in [-0.25, -0.2) is 14.0 Å². The van der Waals surface area contributed by atoms with Crippen LogP contribution >= 0.6 is 0 Å². The van der Waals surface area contributed by atoms with Crippen molar-refractivity contribution in [2.24, 2.45) is 0 Å². The molecule has 2 aromatic rings. The summed E-state index contributed by atoms with van der Waals surface area (Å²) in [6, 6.07) is 11.5. The van der Waals surface area contributed by atoms with Crippen LogP contribution in [0.15, 0.2) is 48.2 Å². The number of carbonyl (C=O) groups excluding carboxylic acids is 1. The highest BCUT2D eigenvalue weighted by Gasteiger charge is 2.13. The van der Waals surface area contributed by atoms with E-state index >= 15 is 0 Å². The predicted molar refractivity (Wildman–Crippen MR) is 116 cm³/mol. The van der Waals surface area contributed by atoms with Crippen molar-refractivity contribution in [2.45, 2.75) is 26.2 Å². The van der Waals surface area contributed by atoms with Crippen molar-refractivity contribution in [3.8, 4) is 11.1 Å². The van der Waals surface area contributed by atoms with Gasteiger partial charge in [-0.3, -0.25) is 4.90 Å². The monoisotopic (exact) mass is 414 g/mol. The number of carboxylic acids is 1. The fourth-order valence-corrected chi connectivity index (χ4v) is 2.87. The van der Waals surface area contributed by atoms with Gasteiger partial charge in [0.2, 0.25) is 5.76 Å². The van der Waals surface area contributed by atoms with E-state index in [1.54, 1.807) is 31.3 Å². The number of nitrogens with zero attached hydrogens (tertiary/aromatic N) is 1. The summed E-state index contributed by atoms with van der Waals surface area (Å²) in [5, 5.41) is 11.9. The molecule has 0 heterocycles. The maximum atomic E-state index is 14.5. The highest BCUT2D eigenvalue weighted by Crippen LogP contribution is 2.27. The van der Waals surface area contributed by atoms with Gasteiger partial charge in [0, 0.05) is 24.8 Å². The SMILES string of the molecule is CCCCCNC(=O)N(C)c1cccc(-c2ccc(C=C(OC)C(=O)O)c(F)c2)c1. The van der Waals surface area contributed by atoms with Gasteiger partial charge in [-0.1, -0.05) is 44.0 Å². The molecule has 0 spiro atoms. The first kappa shape index (κ1) is 22.9. The molecule has 0 aliphatic carbocycles. The second-order valence-electron chi connectivity index (χ2n) is 6.80. The molecule has 160 valence electrons. The molecule has 2 N–H and O–H groups in total. The number of methoxy groups -OCH3 is 1. The number of amides is 2. The molecule has 0 unspecified atom stereocenters. The van der Waals surface area contributed by atoms with Gasteiger partial charge in [0.25, 0.3) is 0 Å². The van der Waals surface area contributed by atoms with Crippen molar-refractivity contribution in [3.63, 3.8) is 0 Å². The zero-order chi connectivity index (χ0) is 22.1. The van der Waals surface area contributed by atoms with Crippen molar-refractivity contribution in [1.29, 1.82) is 0 Å². The minimum atomic E-state index is -1.27. The molecule has 30 heavy (non-hydrogen) atoms. The first-order valence-corrected chi connectivity index (χ1v) is 9.78. The molecule has 2 rings (SSSR count). The zero-order valence-corrected chi connectivity index (χ0v) is 17.4. The van der Waals surface area contributed by atoms with Crippen LogP contribution in [0.25, 0.3) is 17.2 Å². The second-order valence-corrected chi connectivity index (χ2v) is 6.80. The highest BCUT2D eigenvalue weighted by atomic mass is 19.1. The third-order valence-corrected chi connectivity index (χ3v) is 4.65. The third-order valence-electron chi connectivity index (χ3n) is 4.65. The van der Waals surface area contributed by atoms with Crippen LogP contribution in [0.3, 0.4) is 0 Å². The molecule has 7 heteroatoms. The van der Waals surface area contributed by atoms with Gasteiger partial charge in [-0.2, -0.15) is 0 Å². The van der Waals surface area contributed by atoms with Gasteiger partial charge < -0.3 is 15.2 Å². The summed E-state index contributed by atoms with van der Waals surface area (Å²) < 4.78 is 19.3. The minimum absolute atomic E-state index is 0.109.